The molecular formula is C8H18N2. The maximum atomic E-state index is 3.45. The molecule has 0 aromatic rings. The maximum Gasteiger partial charge on any atom is 0.0488 e. The van der Waals surface area contributed by atoms with Crippen LogP contribution in [-0.4, -0.2) is 29.7 Å². The van der Waals surface area contributed by atoms with E-state index in [0.717, 1.165) is 6.67 Å². The fraction of sp³-hybridized carbons (Fsp3) is 1.00. The first-order valence-electron chi connectivity index (χ1n) is 4.00. The van der Waals surface area contributed by atoms with E-state index in [-0.39, 0.29) is 0 Å². The first kappa shape index (κ1) is 8.02. The highest BCUT2D eigenvalue weighted by Crippen LogP contribution is 2.13. The fourth-order valence-corrected chi connectivity index (χ4v) is 1.30. The summed E-state index contributed by atoms with van der Waals surface area (Å²) in [6, 6.07) is 0.675. The Hall–Kier alpha value is -0.0800. The molecule has 0 radical (unpaired) electrons. The van der Waals surface area contributed by atoms with Gasteiger partial charge in [0, 0.05) is 24.8 Å². The molecule has 0 aliphatic carbocycles. The van der Waals surface area contributed by atoms with Crippen LogP contribution in [0.2, 0.25) is 0 Å². The van der Waals surface area contributed by atoms with Gasteiger partial charge in [0.25, 0.3) is 0 Å². The molecule has 2 heteroatoms. The van der Waals surface area contributed by atoms with Gasteiger partial charge in [-0.15, -0.1) is 0 Å². The summed E-state index contributed by atoms with van der Waals surface area (Å²) >= 11 is 0. The van der Waals surface area contributed by atoms with E-state index in [1.807, 2.05) is 0 Å². The van der Waals surface area contributed by atoms with E-state index >= 15 is 0 Å². The second kappa shape index (κ2) is 2.51. The van der Waals surface area contributed by atoms with Crippen LogP contribution in [0.1, 0.15) is 27.7 Å². The van der Waals surface area contributed by atoms with Gasteiger partial charge < -0.3 is 0 Å². The van der Waals surface area contributed by atoms with Crippen molar-refractivity contribution in [3.8, 4) is 0 Å². The molecule has 1 saturated heterocycles. The molecule has 10 heavy (non-hydrogen) atoms. The largest absolute Gasteiger partial charge is 0.298 e. The third-order valence-corrected chi connectivity index (χ3v) is 2.09. The van der Waals surface area contributed by atoms with Crippen LogP contribution in [0.3, 0.4) is 0 Å². The molecule has 1 heterocycles. The van der Waals surface area contributed by atoms with Crippen LogP contribution in [0.4, 0.5) is 0 Å². The molecule has 0 aromatic carbocycles. The molecule has 0 atom stereocenters. The van der Waals surface area contributed by atoms with Crippen LogP contribution in [-0.2, 0) is 0 Å². The molecule has 0 saturated carbocycles. The number of rotatable bonds is 1. The average Bonchev–Trinajstić information content (AvgIpc) is 2.10. The molecule has 2 nitrogen and oxygen atoms in total. The topological polar surface area (TPSA) is 15.3 Å². The number of nitrogens with one attached hydrogen (secondary N) is 1. The lowest BCUT2D eigenvalue weighted by molar-refractivity contribution is 0.262. The van der Waals surface area contributed by atoms with Crippen LogP contribution in [0, 0.1) is 0 Å². The first-order valence-corrected chi connectivity index (χ1v) is 4.00. The lowest BCUT2D eigenvalue weighted by atomic mass is 10.1. The molecule has 0 aromatic heterocycles. The van der Waals surface area contributed by atoms with Gasteiger partial charge in [0.15, 0.2) is 0 Å². The number of hydrogen-bond acceptors (Lipinski definition) is 2. The van der Waals surface area contributed by atoms with Gasteiger partial charge in [0.1, 0.15) is 0 Å². The second-order valence-corrected chi connectivity index (χ2v) is 4.06. The predicted octanol–water partition coefficient (Wildman–Crippen LogP) is 1.04. The van der Waals surface area contributed by atoms with Crippen molar-refractivity contribution in [2.75, 3.05) is 13.2 Å². The minimum Gasteiger partial charge on any atom is -0.298 e. The molecule has 1 aliphatic rings. The first-order chi connectivity index (χ1) is 4.51. The van der Waals surface area contributed by atoms with E-state index < -0.39 is 0 Å². The van der Waals surface area contributed by atoms with Gasteiger partial charge in [-0.2, -0.15) is 0 Å². The van der Waals surface area contributed by atoms with Crippen molar-refractivity contribution >= 4 is 0 Å². The van der Waals surface area contributed by atoms with E-state index in [4.69, 9.17) is 0 Å². The lowest BCUT2D eigenvalue weighted by Gasteiger charge is -2.21. The van der Waals surface area contributed by atoms with Gasteiger partial charge in [-0.05, 0) is 27.7 Å². The van der Waals surface area contributed by atoms with Gasteiger partial charge in [0.05, 0.1) is 0 Å². The molecule has 1 aliphatic heterocycles. The Morgan fingerprint density at radius 1 is 1.40 bits per heavy atom. The van der Waals surface area contributed by atoms with Gasteiger partial charge >= 0.3 is 0 Å². The van der Waals surface area contributed by atoms with Crippen LogP contribution in [0.15, 0.2) is 0 Å². The molecule has 0 unspecified atom stereocenters. The molecule has 0 spiro atoms. The zero-order valence-electron chi connectivity index (χ0n) is 7.44. The van der Waals surface area contributed by atoms with Gasteiger partial charge in [-0.3, -0.25) is 10.2 Å². The van der Waals surface area contributed by atoms with Crippen molar-refractivity contribution in [1.82, 2.24) is 10.2 Å². The number of nitrogens with zero attached hydrogens (tertiary/aromatic N) is 1. The van der Waals surface area contributed by atoms with Crippen molar-refractivity contribution in [2.24, 2.45) is 0 Å². The standard InChI is InChI=1S/C8H18N2/c1-7(2)10-5-8(3,4)9-6-10/h7,9H,5-6H2,1-4H3. The summed E-state index contributed by atoms with van der Waals surface area (Å²) in [5.41, 5.74) is 0.324. The summed E-state index contributed by atoms with van der Waals surface area (Å²) in [6.07, 6.45) is 0. The zero-order chi connectivity index (χ0) is 7.78. The molecule has 1 fully saturated rings. The summed E-state index contributed by atoms with van der Waals surface area (Å²) in [6.45, 7) is 11.2. The molecule has 1 rings (SSSR count). The van der Waals surface area contributed by atoms with E-state index in [1.165, 1.54) is 6.54 Å². The Kier molecular flexibility index (Phi) is 2.02. The van der Waals surface area contributed by atoms with Crippen LogP contribution >= 0.6 is 0 Å². The summed E-state index contributed by atoms with van der Waals surface area (Å²) < 4.78 is 0. The third kappa shape index (κ3) is 1.70. The quantitative estimate of drug-likeness (QED) is 0.588. The third-order valence-electron chi connectivity index (χ3n) is 2.09. The minimum absolute atomic E-state index is 0.324. The van der Waals surface area contributed by atoms with Crippen LogP contribution < -0.4 is 5.32 Å². The Bertz CT molecular complexity index is 118. The highest BCUT2D eigenvalue weighted by Gasteiger charge is 2.29. The van der Waals surface area contributed by atoms with Crippen molar-refractivity contribution in [2.45, 2.75) is 39.3 Å². The van der Waals surface area contributed by atoms with Crippen LogP contribution in [0.25, 0.3) is 0 Å². The molecule has 60 valence electrons. The molecular weight excluding hydrogens is 124 g/mol. The zero-order valence-corrected chi connectivity index (χ0v) is 7.44. The van der Waals surface area contributed by atoms with E-state index in [2.05, 4.69) is 37.9 Å². The molecule has 0 bridgehead atoms. The lowest BCUT2D eigenvalue weighted by Crippen LogP contribution is -2.35. The van der Waals surface area contributed by atoms with E-state index in [1.54, 1.807) is 0 Å². The van der Waals surface area contributed by atoms with Crippen LogP contribution in [0.5, 0.6) is 0 Å². The van der Waals surface area contributed by atoms with Gasteiger partial charge in [0.2, 0.25) is 0 Å². The Morgan fingerprint density at radius 3 is 2.20 bits per heavy atom. The molecule has 1 N–H and O–H groups in total. The smallest absolute Gasteiger partial charge is 0.0488 e. The summed E-state index contributed by atoms with van der Waals surface area (Å²) in [5.74, 6) is 0. The number of hydrogen-bond donors (Lipinski definition) is 1. The Balaban J connectivity index is 2.43. The van der Waals surface area contributed by atoms with E-state index in [9.17, 15) is 0 Å². The predicted molar refractivity (Wildman–Crippen MR) is 43.9 cm³/mol. The highest BCUT2D eigenvalue weighted by molar-refractivity contribution is 4.88. The van der Waals surface area contributed by atoms with Gasteiger partial charge in [-0.1, -0.05) is 0 Å². The van der Waals surface area contributed by atoms with Crippen molar-refractivity contribution in [3.05, 3.63) is 0 Å². The summed E-state index contributed by atoms with van der Waals surface area (Å²) in [7, 11) is 0. The monoisotopic (exact) mass is 142 g/mol. The summed E-state index contributed by atoms with van der Waals surface area (Å²) in [4.78, 5) is 2.44. The second-order valence-electron chi connectivity index (χ2n) is 4.06. The fourth-order valence-electron chi connectivity index (χ4n) is 1.30. The molecule has 0 amide bonds. The Morgan fingerprint density at radius 2 is 2.00 bits per heavy atom. The SMILES string of the molecule is CC(C)N1CNC(C)(C)C1. The van der Waals surface area contributed by atoms with Crippen molar-refractivity contribution < 1.29 is 0 Å². The highest BCUT2D eigenvalue weighted by atomic mass is 15.3. The summed E-state index contributed by atoms with van der Waals surface area (Å²) in [5, 5.41) is 3.45. The van der Waals surface area contributed by atoms with Crippen molar-refractivity contribution in [1.29, 1.82) is 0 Å². The van der Waals surface area contributed by atoms with E-state index in [0.29, 0.717) is 11.6 Å². The normalized spacial score (nSPS) is 26.1. The van der Waals surface area contributed by atoms with Gasteiger partial charge in [-0.25, -0.2) is 0 Å². The average molecular weight is 142 g/mol. The maximum absolute atomic E-state index is 3.45. The Labute approximate surface area is 63.6 Å². The van der Waals surface area contributed by atoms with Crippen molar-refractivity contribution in [3.63, 3.8) is 0 Å². The minimum atomic E-state index is 0.324.